The number of nitrogens with one attached hydrogen (secondary N) is 1. The van der Waals surface area contributed by atoms with Gasteiger partial charge in [0, 0.05) is 18.7 Å². The van der Waals surface area contributed by atoms with Crippen LogP contribution in [0.25, 0.3) is 5.69 Å². The zero-order valence-corrected chi connectivity index (χ0v) is 12.3. The first kappa shape index (κ1) is 14.3. The van der Waals surface area contributed by atoms with E-state index in [9.17, 15) is 4.79 Å². The molecule has 2 aromatic rings. The van der Waals surface area contributed by atoms with Gasteiger partial charge in [-0.15, -0.1) is 0 Å². The first-order valence-electron chi connectivity index (χ1n) is 6.99. The number of rotatable bonds is 5. The van der Waals surface area contributed by atoms with E-state index in [4.69, 9.17) is 0 Å². The van der Waals surface area contributed by atoms with Gasteiger partial charge in [-0.2, -0.15) is 5.10 Å². The summed E-state index contributed by atoms with van der Waals surface area (Å²) >= 11 is 0. The van der Waals surface area contributed by atoms with E-state index in [2.05, 4.69) is 28.6 Å². The molecule has 0 aliphatic rings. The van der Waals surface area contributed by atoms with Crippen LogP contribution in [0.1, 0.15) is 30.3 Å². The molecule has 1 heterocycles. The largest absolute Gasteiger partial charge is 0.356 e. The summed E-state index contributed by atoms with van der Waals surface area (Å²) in [5.74, 6) is 0.107. The minimum absolute atomic E-state index is 0.107. The van der Waals surface area contributed by atoms with Crippen molar-refractivity contribution in [1.82, 2.24) is 15.1 Å². The van der Waals surface area contributed by atoms with Gasteiger partial charge >= 0.3 is 0 Å². The first-order chi connectivity index (χ1) is 9.60. The molecule has 0 fully saturated rings. The Bertz CT molecular complexity index is 584. The third-order valence-electron chi connectivity index (χ3n) is 3.21. The summed E-state index contributed by atoms with van der Waals surface area (Å²) in [6, 6.07) is 10.3. The van der Waals surface area contributed by atoms with E-state index in [-0.39, 0.29) is 5.91 Å². The molecule has 0 atom stereocenters. The van der Waals surface area contributed by atoms with Crippen LogP contribution in [-0.2, 0) is 11.2 Å². The molecule has 0 radical (unpaired) electrons. The number of nitrogens with zero attached hydrogens (tertiary/aromatic N) is 2. The topological polar surface area (TPSA) is 46.9 Å². The van der Waals surface area contributed by atoms with Crippen molar-refractivity contribution in [3.63, 3.8) is 0 Å². The maximum atomic E-state index is 11.4. The zero-order valence-electron chi connectivity index (χ0n) is 12.3. The monoisotopic (exact) mass is 271 g/mol. The molecule has 1 aromatic heterocycles. The molecular formula is C16H21N3O. The summed E-state index contributed by atoms with van der Waals surface area (Å²) in [5.41, 5.74) is 4.36. The highest BCUT2D eigenvalue weighted by atomic mass is 16.1. The molecule has 4 heteroatoms. The summed E-state index contributed by atoms with van der Waals surface area (Å²) in [5, 5.41) is 7.27. The van der Waals surface area contributed by atoms with Gasteiger partial charge in [0.2, 0.25) is 5.91 Å². The number of aromatic nitrogens is 2. The number of benzene rings is 1. The third-order valence-corrected chi connectivity index (χ3v) is 3.21. The fraction of sp³-hybridized carbons (Fsp3) is 0.375. The number of aryl methyl sites for hydroxylation is 3. The molecule has 0 aliphatic heterocycles. The molecule has 0 bridgehead atoms. The minimum atomic E-state index is 0.107. The summed E-state index contributed by atoms with van der Waals surface area (Å²) in [6.45, 7) is 6.66. The van der Waals surface area contributed by atoms with Gasteiger partial charge < -0.3 is 5.32 Å². The van der Waals surface area contributed by atoms with E-state index >= 15 is 0 Å². The summed E-state index contributed by atoms with van der Waals surface area (Å²) < 4.78 is 1.93. The average Bonchev–Trinajstić information content (AvgIpc) is 2.76. The van der Waals surface area contributed by atoms with E-state index < -0.39 is 0 Å². The lowest BCUT2D eigenvalue weighted by atomic mass is 10.1. The number of amides is 1. The Morgan fingerprint density at radius 1 is 1.25 bits per heavy atom. The van der Waals surface area contributed by atoms with Crippen molar-refractivity contribution in [1.29, 1.82) is 0 Å². The van der Waals surface area contributed by atoms with Gasteiger partial charge in [0.1, 0.15) is 0 Å². The molecule has 1 N–H and O–H groups in total. The van der Waals surface area contributed by atoms with Crippen molar-refractivity contribution >= 4 is 5.91 Å². The highest BCUT2D eigenvalue weighted by Crippen LogP contribution is 2.13. The van der Waals surface area contributed by atoms with Crippen LogP contribution in [0.3, 0.4) is 0 Å². The van der Waals surface area contributed by atoms with E-state index in [1.54, 1.807) is 0 Å². The van der Waals surface area contributed by atoms with Crippen LogP contribution in [-0.4, -0.2) is 22.2 Å². The van der Waals surface area contributed by atoms with E-state index in [0.29, 0.717) is 13.0 Å². The van der Waals surface area contributed by atoms with E-state index in [1.807, 2.05) is 37.6 Å². The molecule has 1 amide bonds. The van der Waals surface area contributed by atoms with Gasteiger partial charge in [0.05, 0.1) is 11.4 Å². The second-order valence-electron chi connectivity index (χ2n) is 4.96. The Labute approximate surface area is 119 Å². The van der Waals surface area contributed by atoms with Crippen LogP contribution in [0, 0.1) is 13.8 Å². The smallest absolute Gasteiger partial charge is 0.220 e. The zero-order chi connectivity index (χ0) is 14.5. The van der Waals surface area contributed by atoms with Crippen LogP contribution in [0.15, 0.2) is 30.3 Å². The SMILES string of the molecule is CCNC(=O)CCc1ccc(-n2nc(C)cc2C)cc1. The molecular weight excluding hydrogens is 250 g/mol. The predicted octanol–water partition coefficient (Wildman–Crippen LogP) is 2.56. The van der Waals surface area contributed by atoms with Crippen molar-refractivity contribution in [3.8, 4) is 5.69 Å². The molecule has 0 spiro atoms. The average molecular weight is 271 g/mol. The predicted molar refractivity (Wildman–Crippen MR) is 80.0 cm³/mol. The lowest BCUT2D eigenvalue weighted by Gasteiger charge is -2.06. The molecule has 0 saturated heterocycles. The minimum Gasteiger partial charge on any atom is -0.356 e. The first-order valence-corrected chi connectivity index (χ1v) is 6.99. The third kappa shape index (κ3) is 3.47. The van der Waals surface area contributed by atoms with Crippen molar-refractivity contribution in [3.05, 3.63) is 47.3 Å². The van der Waals surface area contributed by atoms with Gasteiger partial charge in [0.25, 0.3) is 0 Å². The molecule has 106 valence electrons. The van der Waals surface area contributed by atoms with Crippen LogP contribution < -0.4 is 5.32 Å². The normalized spacial score (nSPS) is 10.6. The van der Waals surface area contributed by atoms with Crippen LogP contribution >= 0.6 is 0 Å². The Balaban J connectivity index is 2.03. The van der Waals surface area contributed by atoms with Gasteiger partial charge in [-0.25, -0.2) is 4.68 Å². The van der Waals surface area contributed by atoms with E-state index in [0.717, 1.165) is 23.5 Å². The molecule has 4 nitrogen and oxygen atoms in total. The summed E-state index contributed by atoms with van der Waals surface area (Å²) in [6.07, 6.45) is 1.30. The van der Waals surface area contributed by atoms with Crippen LogP contribution in [0.2, 0.25) is 0 Å². The highest BCUT2D eigenvalue weighted by molar-refractivity contribution is 5.76. The van der Waals surface area contributed by atoms with Crippen LogP contribution in [0.5, 0.6) is 0 Å². The van der Waals surface area contributed by atoms with Crippen molar-refractivity contribution in [2.45, 2.75) is 33.6 Å². The van der Waals surface area contributed by atoms with Crippen LogP contribution in [0.4, 0.5) is 0 Å². The Morgan fingerprint density at radius 3 is 2.50 bits per heavy atom. The van der Waals surface area contributed by atoms with E-state index in [1.165, 1.54) is 5.56 Å². The van der Waals surface area contributed by atoms with Crippen molar-refractivity contribution in [2.24, 2.45) is 0 Å². The van der Waals surface area contributed by atoms with Gasteiger partial charge in [-0.3, -0.25) is 4.79 Å². The summed E-state index contributed by atoms with van der Waals surface area (Å²) in [4.78, 5) is 11.4. The second-order valence-corrected chi connectivity index (χ2v) is 4.96. The number of hydrogen-bond acceptors (Lipinski definition) is 2. The summed E-state index contributed by atoms with van der Waals surface area (Å²) in [7, 11) is 0. The van der Waals surface area contributed by atoms with Gasteiger partial charge in [-0.1, -0.05) is 12.1 Å². The Morgan fingerprint density at radius 2 is 1.95 bits per heavy atom. The standard InChI is InChI=1S/C16H21N3O/c1-4-17-16(20)10-7-14-5-8-15(9-6-14)19-13(3)11-12(2)18-19/h5-6,8-9,11H,4,7,10H2,1-3H3,(H,17,20). The maximum Gasteiger partial charge on any atom is 0.220 e. The molecule has 20 heavy (non-hydrogen) atoms. The lowest BCUT2D eigenvalue weighted by Crippen LogP contribution is -2.22. The number of carbonyl (C=O) groups is 1. The molecule has 0 aliphatic carbocycles. The highest BCUT2D eigenvalue weighted by Gasteiger charge is 2.04. The molecule has 0 unspecified atom stereocenters. The Kier molecular flexibility index (Phi) is 4.56. The fourth-order valence-electron chi connectivity index (χ4n) is 2.24. The Hall–Kier alpha value is -2.10. The maximum absolute atomic E-state index is 11.4. The fourth-order valence-corrected chi connectivity index (χ4v) is 2.24. The molecule has 2 rings (SSSR count). The lowest BCUT2D eigenvalue weighted by molar-refractivity contribution is -0.120. The van der Waals surface area contributed by atoms with Gasteiger partial charge in [0.15, 0.2) is 0 Å². The van der Waals surface area contributed by atoms with Crippen molar-refractivity contribution < 1.29 is 4.79 Å². The molecule has 1 aromatic carbocycles. The van der Waals surface area contributed by atoms with Gasteiger partial charge in [-0.05, 0) is 51.0 Å². The number of hydrogen-bond donors (Lipinski definition) is 1. The second kappa shape index (κ2) is 6.37. The van der Waals surface area contributed by atoms with Crippen molar-refractivity contribution in [2.75, 3.05) is 6.54 Å². The quantitative estimate of drug-likeness (QED) is 0.908. The molecule has 0 saturated carbocycles. The number of carbonyl (C=O) groups excluding carboxylic acids is 1.